The molecule has 0 amide bonds. The lowest BCUT2D eigenvalue weighted by atomic mass is 10.2. The first-order valence-corrected chi connectivity index (χ1v) is 6.60. The Kier molecular flexibility index (Phi) is 4.59. The van der Waals surface area contributed by atoms with Crippen LogP contribution in [0.25, 0.3) is 11.5 Å². The summed E-state index contributed by atoms with van der Waals surface area (Å²) >= 11 is 9.98. The molecule has 3 N–H and O–H groups in total. The summed E-state index contributed by atoms with van der Waals surface area (Å²) in [5.74, 6) is 0.431. The molecule has 6 nitrogen and oxygen atoms in total. The molecule has 0 aliphatic carbocycles. The van der Waals surface area contributed by atoms with Gasteiger partial charge in [-0.3, -0.25) is 5.43 Å². The van der Waals surface area contributed by atoms with Gasteiger partial charge in [0.2, 0.25) is 5.89 Å². The van der Waals surface area contributed by atoms with Crippen LogP contribution in [0.2, 0.25) is 0 Å². The van der Waals surface area contributed by atoms with E-state index in [0.29, 0.717) is 11.0 Å². The largest absolute Gasteiger partial charge is 0.409 e. The molecule has 20 heavy (non-hydrogen) atoms. The average molecular weight is 307 g/mol. The number of aromatic nitrogens is 2. The molecule has 1 heterocycles. The van der Waals surface area contributed by atoms with Crippen LogP contribution in [0.5, 0.6) is 0 Å². The Bertz CT molecular complexity index is 700. The average Bonchev–Trinajstić information content (AvgIpc) is 2.83. The first-order chi connectivity index (χ1) is 9.54. The Labute approximate surface area is 126 Å². The summed E-state index contributed by atoms with van der Waals surface area (Å²) in [5.41, 5.74) is 5.22. The first-order valence-electron chi connectivity index (χ1n) is 5.78. The highest BCUT2D eigenvalue weighted by Gasteiger charge is 2.05. The SMILES string of the molecule is CC(C)=NNC(=S)Nc1cccc(-c2n[nH]c(=S)o2)c1. The minimum absolute atomic E-state index is 0.239. The van der Waals surface area contributed by atoms with Crippen LogP contribution in [0, 0.1) is 4.84 Å². The molecule has 0 spiro atoms. The molecular formula is C12H13N5OS2. The monoisotopic (exact) mass is 307 g/mol. The minimum atomic E-state index is 0.239. The molecular weight excluding hydrogens is 294 g/mol. The van der Waals surface area contributed by atoms with Crippen LogP contribution in [-0.4, -0.2) is 21.0 Å². The maximum absolute atomic E-state index is 5.26. The Balaban J connectivity index is 2.12. The highest BCUT2D eigenvalue weighted by molar-refractivity contribution is 7.80. The zero-order chi connectivity index (χ0) is 14.5. The van der Waals surface area contributed by atoms with Gasteiger partial charge in [-0.25, -0.2) is 5.10 Å². The second-order valence-corrected chi connectivity index (χ2v) is 4.90. The molecule has 0 radical (unpaired) electrons. The number of thiocarbonyl (C=S) groups is 1. The topological polar surface area (TPSA) is 78.2 Å². The number of H-pyrrole nitrogens is 1. The van der Waals surface area contributed by atoms with Gasteiger partial charge in [0.1, 0.15) is 0 Å². The Morgan fingerprint density at radius 1 is 1.40 bits per heavy atom. The van der Waals surface area contributed by atoms with Crippen molar-refractivity contribution in [1.29, 1.82) is 0 Å². The molecule has 0 fully saturated rings. The fourth-order valence-corrected chi connectivity index (χ4v) is 1.69. The van der Waals surface area contributed by atoms with Gasteiger partial charge in [0.25, 0.3) is 4.84 Å². The summed E-state index contributed by atoms with van der Waals surface area (Å²) in [6.45, 7) is 3.75. The Morgan fingerprint density at radius 3 is 2.85 bits per heavy atom. The van der Waals surface area contributed by atoms with Crippen molar-refractivity contribution < 1.29 is 4.42 Å². The van der Waals surface area contributed by atoms with E-state index in [2.05, 4.69) is 26.0 Å². The van der Waals surface area contributed by atoms with E-state index in [4.69, 9.17) is 28.9 Å². The summed E-state index contributed by atoms with van der Waals surface area (Å²) in [4.78, 5) is 0.239. The van der Waals surface area contributed by atoms with Crippen LogP contribution in [0.15, 0.2) is 33.8 Å². The quantitative estimate of drug-likeness (QED) is 0.459. The predicted octanol–water partition coefficient (Wildman–Crippen LogP) is 3.08. The van der Waals surface area contributed by atoms with Crippen molar-refractivity contribution in [2.24, 2.45) is 5.10 Å². The number of nitrogens with one attached hydrogen (secondary N) is 3. The van der Waals surface area contributed by atoms with Gasteiger partial charge in [0, 0.05) is 17.0 Å². The number of hydrazone groups is 1. The van der Waals surface area contributed by atoms with Crippen molar-refractivity contribution in [2.45, 2.75) is 13.8 Å². The van der Waals surface area contributed by atoms with Gasteiger partial charge in [-0.2, -0.15) is 5.10 Å². The summed E-state index contributed by atoms with van der Waals surface area (Å²) in [6.07, 6.45) is 0. The normalized spacial score (nSPS) is 9.90. The van der Waals surface area contributed by atoms with Crippen molar-refractivity contribution >= 4 is 40.9 Å². The lowest BCUT2D eigenvalue weighted by molar-refractivity contribution is 0.552. The molecule has 1 aromatic carbocycles. The minimum Gasteiger partial charge on any atom is -0.409 e. The van der Waals surface area contributed by atoms with E-state index in [1.54, 1.807) is 0 Å². The van der Waals surface area contributed by atoms with E-state index < -0.39 is 0 Å². The second-order valence-electron chi connectivity index (χ2n) is 4.12. The highest BCUT2D eigenvalue weighted by atomic mass is 32.1. The second kappa shape index (κ2) is 6.40. The van der Waals surface area contributed by atoms with Gasteiger partial charge in [-0.15, -0.1) is 5.10 Å². The van der Waals surface area contributed by atoms with E-state index in [-0.39, 0.29) is 4.84 Å². The standard InChI is InChI=1S/C12H13N5OS2/c1-7(2)14-16-11(19)13-9-5-3-4-8(6-9)10-15-17-12(20)18-10/h3-6H,1-2H3,(H,17,20)(H2,13,16,19). The van der Waals surface area contributed by atoms with E-state index >= 15 is 0 Å². The molecule has 2 rings (SSSR count). The van der Waals surface area contributed by atoms with Gasteiger partial charge in [-0.1, -0.05) is 6.07 Å². The van der Waals surface area contributed by atoms with E-state index in [0.717, 1.165) is 17.0 Å². The highest BCUT2D eigenvalue weighted by Crippen LogP contribution is 2.20. The van der Waals surface area contributed by atoms with Gasteiger partial charge in [-0.05, 0) is 56.5 Å². The molecule has 0 bridgehead atoms. The predicted molar refractivity (Wildman–Crippen MR) is 85.3 cm³/mol. The third kappa shape index (κ3) is 3.97. The molecule has 0 saturated carbocycles. The summed E-state index contributed by atoms with van der Waals surface area (Å²) in [7, 11) is 0. The molecule has 1 aromatic heterocycles. The lowest BCUT2D eigenvalue weighted by Crippen LogP contribution is -2.24. The summed E-state index contributed by atoms with van der Waals surface area (Å²) < 4.78 is 5.26. The number of nitrogens with zero attached hydrogens (tertiary/aromatic N) is 2. The number of hydrogen-bond donors (Lipinski definition) is 3. The zero-order valence-electron chi connectivity index (χ0n) is 10.9. The van der Waals surface area contributed by atoms with Gasteiger partial charge < -0.3 is 9.73 Å². The van der Waals surface area contributed by atoms with Crippen LogP contribution in [0.1, 0.15) is 13.8 Å². The fourth-order valence-electron chi connectivity index (χ4n) is 1.40. The summed E-state index contributed by atoms with van der Waals surface area (Å²) in [5, 5.41) is 14.0. The van der Waals surface area contributed by atoms with E-state index in [1.807, 2.05) is 38.1 Å². The number of rotatable bonds is 3. The zero-order valence-corrected chi connectivity index (χ0v) is 12.6. The van der Waals surface area contributed by atoms with Crippen LogP contribution in [0.3, 0.4) is 0 Å². The van der Waals surface area contributed by atoms with Crippen molar-refractivity contribution in [2.75, 3.05) is 5.32 Å². The van der Waals surface area contributed by atoms with Crippen molar-refractivity contribution in [3.63, 3.8) is 0 Å². The molecule has 0 aliphatic rings. The van der Waals surface area contributed by atoms with Crippen molar-refractivity contribution in [3.8, 4) is 11.5 Å². The molecule has 0 atom stereocenters. The summed E-state index contributed by atoms with van der Waals surface area (Å²) in [6, 6.07) is 7.46. The molecule has 8 heteroatoms. The number of benzene rings is 1. The lowest BCUT2D eigenvalue weighted by Gasteiger charge is -2.07. The maximum atomic E-state index is 5.26. The van der Waals surface area contributed by atoms with Crippen LogP contribution in [0.4, 0.5) is 5.69 Å². The molecule has 2 aromatic rings. The van der Waals surface area contributed by atoms with E-state index in [9.17, 15) is 0 Å². The fraction of sp³-hybridized carbons (Fsp3) is 0.167. The van der Waals surface area contributed by atoms with Gasteiger partial charge >= 0.3 is 0 Å². The van der Waals surface area contributed by atoms with E-state index in [1.165, 1.54) is 0 Å². The van der Waals surface area contributed by atoms with Crippen LogP contribution >= 0.6 is 24.4 Å². The molecule has 0 saturated heterocycles. The number of anilines is 1. The van der Waals surface area contributed by atoms with Crippen LogP contribution in [-0.2, 0) is 0 Å². The number of aromatic amines is 1. The van der Waals surface area contributed by atoms with Crippen molar-refractivity contribution in [3.05, 3.63) is 29.1 Å². The van der Waals surface area contributed by atoms with Gasteiger partial charge in [0.05, 0.1) is 0 Å². The first kappa shape index (κ1) is 14.4. The Morgan fingerprint density at radius 2 is 2.20 bits per heavy atom. The molecule has 0 unspecified atom stereocenters. The van der Waals surface area contributed by atoms with Gasteiger partial charge in [0.15, 0.2) is 5.11 Å². The van der Waals surface area contributed by atoms with Crippen molar-refractivity contribution in [1.82, 2.24) is 15.6 Å². The smallest absolute Gasteiger partial charge is 0.284 e. The third-order valence-electron chi connectivity index (χ3n) is 2.19. The maximum Gasteiger partial charge on any atom is 0.284 e. The molecule has 0 aliphatic heterocycles. The number of hydrogen-bond acceptors (Lipinski definition) is 5. The molecule has 104 valence electrons. The third-order valence-corrected chi connectivity index (χ3v) is 2.55. The Hall–Kier alpha value is -2.06. The van der Waals surface area contributed by atoms with Crippen LogP contribution < -0.4 is 10.7 Å².